The number of nitrogens with zero attached hydrogens (tertiary/aromatic N) is 5. The standard InChI is InChI=1S/C30H39Cl3N6O4/c1-7-38(8-2)18-9-10-19(22(15-18)34-23(40)11-12-37(6)36(4)5)25-28(41)26(29(25)42)24-16(3)35-39(30(24)43)27-20(32)13-17(31)14-21(27)33/h9-10,15,17,20-21,27,41H,7-8,11-14H2,1-6H3,(H,34,40)/b26-24-. The van der Waals surface area contributed by atoms with Crippen LogP contribution in [-0.2, 0) is 14.4 Å². The molecule has 1 fully saturated rings. The number of hydrogen-bond acceptors (Lipinski definition) is 8. The quantitative estimate of drug-likeness (QED) is 0.216. The lowest BCUT2D eigenvalue weighted by molar-refractivity contribution is -0.128. The van der Waals surface area contributed by atoms with Crippen LogP contribution in [0.2, 0.25) is 0 Å². The zero-order chi connectivity index (χ0) is 31.7. The van der Waals surface area contributed by atoms with Crippen LogP contribution in [-0.4, -0.2) is 106 Å². The molecule has 2 N–H and O–H groups in total. The normalized spacial score (nSPS) is 25.9. The molecular weight excluding hydrogens is 615 g/mol. The highest BCUT2D eigenvalue weighted by atomic mass is 35.5. The lowest BCUT2D eigenvalue weighted by atomic mass is 9.79. The van der Waals surface area contributed by atoms with Gasteiger partial charge in [0.05, 0.1) is 44.9 Å². The summed E-state index contributed by atoms with van der Waals surface area (Å²) >= 11 is 19.4. The number of aliphatic hydroxyl groups is 1. The minimum atomic E-state index is -0.611. The Morgan fingerprint density at radius 3 is 2.23 bits per heavy atom. The number of Topliss-reactive ketones (excluding diaryl/α,β-unsaturated/α-hetero) is 1. The molecule has 43 heavy (non-hydrogen) atoms. The number of anilines is 2. The first-order chi connectivity index (χ1) is 20.3. The SMILES string of the molecule is CCN(CC)c1ccc(C2=C(O)/C(=C3/C(=O)N(C4C(Cl)CC(Cl)CC4Cl)N=C3C)C2=O)c(NC(=O)CCN(C)N(C)C)c1. The molecule has 2 atom stereocenters. The number of aliphatic hydroxyl groups excluding tert-OH is 1. The molecule has 0 spiro atoms. The molecule has 2 unspecified atom stereocenters. The van der Waals surface area contributed by atoms with Gasteiger partial charge in [0, 0.05) is 63.8 Å². The average molecular weight is 654 g/mol. The van der Waals surface area contributed by atoms with Crippen LogP contribution in [0.15, 0.2) is 40.2 Å². The molecule has 2 aliphatic carbocycles. The van der Waals surface area contributed by atoms with Crippen molar-refractivity contribution in [2.45, 2.75) is 62.2 Å². The van der Waals surface area contributed by atoms with Gasteiger partial charge in [-0.3, -0.25) is 14.4 Å². The summed E-state index contributed by atoms with van der Waals surface area (Å²) in [6.45, 7) is 7.64. The van der Waals surface area contributed by atoms with Crippen LogP contribution >= 0.6 is 34.8 Å². The van der Waals surface area contributed by atoms with E-state index in [2.05, 4.69) is 15.3 Å². The topological polar surface area (TPSA) is 109 Å². The van der Waals surface area contributed by atoms with Crippen LogP contribution in [0.4, 0.5) is 11.4 Å². The zero-order valence-electron chi connectivity index (χ0n) is 25.3. The number of ketones is 1. The van der Waals surface area contributed by atoms with E-state index in [4.69, 9.17) is 34.8 Å². The Kier molecular flexibility index (Phi) is 10.5. The Labute approximate surface area is 267 Å². The molecule has 2 amide bonds. The molecule has 0 saturated heterocycles. The Morgan fingerprint density at radius 1 is 1.05 bits per heavy atom. The van der Waals surface area contributed by atoms with Crippen LogP contribution in [0.25, 0.3) is 5.57 Å². The Bertz CT molecular complexity index is 1380. The third kappa shape index (κ3) is 6.59. The number of benzene rings is 1. The van der Waals surface area contributed by atoms with E-state index in [0.717, 1.165) is 18.8 Å². The molecule has 1 aliphatic heterocycles. The molecular formula is C30H39Cl3N6O4. The van der Waals surface area contributed by atoms with E-state index in [1.165, 1.54) is 5.01 Å². The molecule has 0 aromatic heterocycles. The number of rotatable bonds is 10. The molecule has 1 heterocycles. The van der Waals surface area contributed by atoms with Crippen molar-refractivity contribution < 1.29 is 19.5 Å². The fraction of sp³-hybridized carbons (Fsp3) is 0.533. The van der Waals surface area contributed by atoms with Gasteiger partial charge in [0.15, 0.2) is 0 Å². The second-order valence-corrected chi connectivity index (χ2v) is 12.9. The maximum Gasteiger partial charge on any atom is 0.277 e. The summed E-state index contributed by atoms with van der Waals surface area (Å²) in [6.07, 6.45) is 1.13. The highest BCUT2D eigenvalue weighted by Crippen LogP contribution is 2.44. The predicted octanol–water partition coefficient (Wildman–Crippen LogP) is 4.62. The number of carbonyl (C=O) groups is 3. The zero-order valence-corrected chi connectivity index (χ0v) is 27.6. The van der Waals surface area contributed by atoms with Crippen molar-refractivity contribution in [1.82, 2.24) is 15.0 Å². The lowest BCUT2D eigenvalue weighted by Crippen LogP contribution is -2.50. The predicted molar refractivity (Wildman–Crippen MR) is 173 cm³/mol. The van der Waals surface area contributed by atoms with Gasteiger partial charge in [0.2, 0.25) is 11.7 Å². The molecule has 3 aliphatic rings. The minimum absolute atomic E-state index is 0.0176. The molecule has 1 aromatic carbocycles. The summed E-state index contributed by atoms with van der Waals surface area (Å²) in [4.78, 5) is 42.3. The monoisotopic (exact) mass is 652 g/mol. The van der Waals surface area contributed by atoms with Crippen molar-refractivity contribution in [1.29, 1.82) is 0 Å². The molecule has 13 heteroatoms. The Balaban J connectivity index is 1.69. The highest BCUT2D eigenvalue weighted by Gasteiger charge is 2.48. The Morgan fingerprint density at radius 2 is 1.67 bits per heavy atom. The first-order valence-corrected chi connectivity index (χ1v) is 15.7. The van der Waals surface area contributed by atoms with Crippen molar-refractivity contribution in [3.05, 3.63) is 40.7 Å². The van der Waals surface area contributed by atoms with Crippen LogP contribution in [0, 0.1) is 0 Å². The van der Waals surface area contributed by atoms with E-state index in [-0.39, 0.29) is 45.9 Å². The fourth-order valence-corrected chi connectivity index (χ4v) is 7.25. The number of carbonyl (C=O) groups excluding carboxylic acids is 3. The van der Waals surface area contributed by atoms with Gasteiger partial charge in [-0.05, 0) is 51.8 Å². The molecule has 1 aromatic rings. The number of alkyl halides is 3. The van der Waals surface area contributed by atoms with E-state index in [9.17, 15) is 19.5 Å². The van der Waals surface area contributed by atoms with Gasteiger partial charge in [-0.2, -0.15) is 5.10 Å². The summed E-state index contributed by atoms with van der Waals surface area (Å²) in [5.74, 6) is -1.61. The maximum absolute atomic E-state index is 13.7. The smallest absolute Gasteiger partial charge is 0.277 e. The number of hydrogen-bond donors (Lipinski definition) is 2. The number of nitrogens with one attached hydrogen (secondary N) is 1. The largest absolute Gasteiger partial charge is 0.506 e. The van der Waals surface area contributed by atoms with Gasteiger partial charge in [0.1, 0.15) is 5.76 Å². The molecule has 1 saturated carbocycles. The third-order valence-corrected chi connectivity index (χ3v) is 9.45. The highest BCUT2D eigenvalue weighted by molar-refractivity contribution is 6.44. The second kappa shape index (κ2) is 13.6. The van der Waals surface area contributed by atoms with Crippen LogP contribution in [0.5, 0.6) is 0 Å². The van der Waals surface area contributed by atoms with Crippen molar-refractivity contribution in [3.8, 4) is 0 Å². The molecule has 234 valence electrons. The van der Waals surface area contributed by atoms with Gasteiger partial charge in [-0.25, -0.2) is 15.0 Å². The van der Waals surface area contributed by atoms with Crippen LogP contribution < -0.4 is 10.2 Å². The number of hydrazone groups is 1. The number of hydrazine groups is 1. The van der Waals surface area contributed by atoms with E-state index >= 15 is 0 Å². The van der Waals surface area contributed by atoms with Gasteiger partial charge < -0.3 is 15.3 Å². The summed E-state index contributed by atoms with van der Waals surface area (Å²) in [6, 6.07) is 4.75. The minimum Gasteiger partial charge on any atom is -0.506 e. The summed E-state index contributed by atoms with van der Waals surface area (Å²) in [7, 11) is 5.66. The molecule has 4 rings (SSSR count). The average Bonchev–Trinajstić information content (AvgIpc) is 3.21. The maximum atomic E-state index is 13.7. The summed E-state index contributed by atoms with van der Waals surface area (Å²) in [5, 5.41) is 22.4. The van der Waals surface area contributed by atoms with E-state index in [0.29, 0.717) is 30.6 Å². The molecule has 0 radical (unpaired) electrons. The number of halogens is 3. The van der Waals surface area contributed by atoms with Crippen LogP contribution in [0.1, 0.15) is 45.6 Å². The van der Waals surface area contributed by atoms with Crippen molar-refractivity contribution in [3.63, 3.8) is 0 Å². The van der Waals surface area contributed by atoms with E-state index < -0.39 is 28.5 Å². The number of amides is 2. The van der Waals surface area contributed by atoms with Gasteiger partial charge in [-0.15, -0.1) is 34.8 Å². The fourth-order valence-electron chi connectivity index (χ4n) is 5.61. The molecule has 0 bridgehead atoms. The Hall–Kier alpha value is -2.63. The second-order valence-electron chi connectivity index (χ2n) is 11.2. The van der Waals surface area contributed by atoms with Gasteiger partial charge in [-0.1, -0.05) is 0 Å². The summed E-state index contributed by atoms with van der Waals surface area (Å²) in [5.41, 5.74) is 1.86. The first-order valence-electron chi connectivity index (χ1n) is 14.4. The third-order valence-electron chi connectivity index (χ3n) is 8.23. The van der Waals surface area contributed by atoms with Crippen molar-refractivity contribution in [2.75, 3.05) is 51.0 Å². The van der Waals surface area contributed by atoms with E-state index in [1.54, 1.807) is 19.1 Å². The van der Waals surface area contributed by atoms with E-state index in [1.807, 2.05) is 51.1 Å². The summed E-state index contributed by atoms with van der Waals surface area (Å²) < 4.78 is 0. The van der Waals surface area contributed by atoms with Gasteiger partial charge in [0.25, 0.3) is 5.91 Å². The number of allylic oxidation sites excluding steroid dienone is 2. The first kappa shape index (κ1) is 33.3. The van der Waals surface area contributed by atoms with Crippen molar-refractivity contribution in [2.24, 2.45) is 5.10 Å². The van der Waals surface area contributed by atoms with Crippen LogP contribution in [0.3, 0.4) is 0 Å². The molecule has 10 nitrogen and oxygen atoms in total. The van der Waals surface area contributed by atoms with Gasteiger partial charge >= 0.3 is 0 Å². The van der Waals surface area contributed by atoms with Crippen molar-refractivity contribution >= 4 is 75.1 Å². The lowest BCUT2D eigenvalue weighted by Gasteiger charge is -2.37.